The fourth-order valence-electron chi connectivity index (χ4n) is 0.504. The lowest BCUT2D eigenvalue weighted by atomic mass is 9.90. The lowest BCUT2D eigenvalue weighted by molar-refractivity contribution is 0.0499. The zero-order valence-electron chi connectivity index (χ0n) is 7.30. The molecule has 0 saturated carbocycles. The fraction of sp³-hybridized carbons (Fsp3) is 0.857. The van der Waals surface area contributed by atoms with Gasteiger partial charge in [-0.2, -0.15) is 0 Å². The Hall–Kier alpha value is 0.230. The zero-order chi connectivity index (χ0) is 9.94. The van der Waals surface area contributed by atoms with E-state index < -0.39 is 6.09 Å². The number of primary amides is 1. The summed E-state index contributed by atoms with van der Waals surface area (Å²) in [7, 11) is 0. The van der Waals surface area contributed by atoms with E-state index in [-0.39, 0.29) is 15.3 Å². The molecule has 0 rings (SSSR count). The number of carbonyl (C=O) groups excluding carboxylic acids is 1. The molecule has 12 heavy (non-hydrogen) atoms. The predicted octanol–water partition coefficient (Wildman–Crippen LogP) is 2.61. The van der Waals surface area contributed by atoms with Crippen LogP contribution in [0.5, 0.6) is 0 Å². The van der Waals surface area contributed by atoms with Crippen molar-refractivity contribution < 1.29 is 9.53 Å². The fourth-order valence-corrected chi connectivity index (χ4v) is 1.25. The first-order chi connectivity index (χ1) is 5.28. The molecule has 1 atom stereocenters. The Morgan fingerprint density at radius 1 is 1.50 bits per heavy atom. The number of ether oxygens (including phenoxy) is 1. The molecule has 0 aliphatic carbocycles. The Morgan fingerprint density at radius 2 is 1.92 bits per heavy atom. The van der Waals surface area contributed by atoms with Gasteiger partial charge < -0.3 is 10.5 Å². The first-order valence-electron chi connectivity index (χ1n) is 3.52. The highest BCUT2D eigenvalue weighted by atomic mass is 79.9. The molecule has 0 bridgehead atoms. The van der Waals surface area contributed by atoms with Gasteiger partial charge in [-0.05, 0) is 6.92 Å². The van der Waals surface area contributed by atoms with Gasteiger partial charge in [0.15, 0.2) is 0 Å². The zero-order valence-corrected chi connectivity index (χ0v) is 10.5. The van der Waals surface area contributed by atoms with E-state index in [1.54, 1.807) is 6.92 Å². The Kier molecular flexibility index (Phi) is 4.55. The van der Waals surface area contributed by atoms with Crippen molar-refractivity contribution in [3.05, 3.63) is 0 Å². The number of amides is 1. The molecule has 0 aromatic heterocycles. The highest BCUT2D eigenvalue weighted by Crippen LogP contribution is 2.36. The summed E-state index contributed by atoms with van der Waals surface area (Å²) in [6.45, 7) is 5.74. The van der Waals surface area contributed by atoms with E-state index in [9.17, 15) is 4.79 Å². The average Bonchev–Trinajstić information content (AvgIpc) is 1.85. The minimum absolute atomic E-state index is 0.0758. The molecule has 0 radical (unpaired) electrons. The van der Waals surface area contributed by atoms with Gasteiger partial charge in [0.05, 0.1) is 3.74 Å². The Morgan fingerprint density at radius 3 is 2.17 bits per heavy atom. The third-order valence-electron chi connectivity index (χ3n) is 1.90. The lowest BCUT2D eigenvalue weighted by Crippen LogP contribution is -2.37. The van der Waals surface area contributed by atoms with Crippen molar-refractivity contribution in [1.29, 1.82) is 0 Å². The third kappa shape index (κ3) is 3.31. The van der Waals surface area contributed by atoms with E-state index in [1.807, 2.05) is 13.8 Å². The second-order valence-electron chi connectivity index (χ2n) is 3.20. The van der Waals surface area contributed by atoms with E-state index in [0.29, 0.717) is 0 Å². The molecule has 0 aliphatic heterocycles. The van der Waals surface area contributed by atoms with Gasteiger partial charge in [-0.25, -0.2) is 4.79 Å². The first-order valence-corrected chi connectivity index (χ1v) is 5.36. The summed E-state index contributed by atoms with van der Waals surface area (Å²) < 4.78 is 4.93. The predicted molar refractivity (Wildman–Crippen MR) is 55.6 cm³/mol. The van der Waals surface area contributed by atoms with Crippen LogP contribution in [0.1, 0.15) is 20.8 Å². The van der Waals surface area contributed by atoms with Crippen molar-refractivity contribution in [2.75, 3.05) is 0 Å². The van der Waals surface area contributed by atoms with Crippen molar-refractivity contribution in [1.82, 2.24) is 0 Å². The maximum atomic E-state index is 10.4. The first kappa shape index (κ1) is 12.2. The summed E-state index contributed by atoms with van der Waals surface area (Å²) in [5.41, 5.74) is 4.70. The molecule has 1 amide bonds. The SMILES string of the molecule is CC(OC(N)=O)C(C)(C)C(Br)Br. The molecule has 0 aromatic rings. The molecule has 72 valence electrons. The summed E-state index contributed by atoms with van der Waals surface area (Å²) in [4.78, 5) is 10.4. The maximum absolute atomic E-state index is 10.4. The molecule has 5 heteroatoms. The normalized spacial score (nSPS) is 14.5. The van der Waals surface area contributed by atoms with E-state index >= 15 is 0 Å². The molecule has 3 nitrogen and oxygen atoms in total. The highest BCUT2D eigenvalue weighted by Gasteiger charge is 2.34. The standard InChI is InChI=1S/C7H13Br2NO2/c1-4(12-6(10)11)7(2,3)5(8)9/h4-5H,1-3H3,(H2,10,11). The van der Waals surface area contributed by atoms with Crippen LogP contribution in [0.15, 0.2) is 0 Å². The van der Waals surface area contributed by atoms with Crippen LogP contribution in [-0.4, -0.2) is 15.9 Å². The Balaban J connectivity index is 4.24. The molecule has 0 saturated heterocycles. The minimum Gasteiger partial charge on any atom is -0.446 e. The molecule has 0 aromatic carbocycles. The molecule has 0 spiro atoms. The summed E-state index contributed by atoms with van der Waals surface area (Å²) in [6.07, 6.45) is -0.977. The van der Waals surface area contributed by atoms with Crippen LogP contribution in [-0.2, 0) is 4.74 Å². The van der Waals surface area contributed by atoms with E-state index in [0.717, 1.165) is 0 Å². The third-order valence-corrected chi connectivity index (χ3v) is 4.26. The van der Waals surface area contributed by atoms with Gasteiger partial charge in [-0.3, -0.25) is 0 Å². The summed E-state index contributed by atoms with van der Waals surface area (Å²) in [5, 5.41) is 0. The molecular weight excluding hydrogens is 290 g/mol. The van der Waals surface area contributed by atoms with Gasteiger partial charge in [0, 0.05) is 5.41 Å². The van der Waals surface area contributed by atoms with Crippen LogP contribution in [0.3, 0.4) is 0 Å². The van der Waals surface area contributed by atoms with E-state index in [1.165, 1.54) is 0 Å². The van der Waals surface area contributed by atoms with Crippen molar-refractivity contribution >= 4 is 38.0 Å². The molecule has 1 unspecified atom stereocenters. The summed E-state index contributed by atoms with van der Waals surface area (Å²) in [6, 6.07) is 0. The Bertz CT molecular complexity index is 171. The van der Waals surface area contributed by atoms with Gasteiger partial charge in [-0.1, -0.05) is 45.7 Å². The lowest BCUT2D eigenvalue weighted by Gasteiger charge is -2.32. The quantitative estimate of drug-likeness (QED) is 0.815. The van der Waals surface area contributed by atoms with Crippen LogP contribution in [0, 0.1) is 5.41 Å². The monoisotopic (exact) mass is 301 g/mol. The van der Waals surface area contributed by atoms with Gasteiger partial charge in [0.2, 0.25) is 0 Å². The molecule has 0 heterocycles. The van der Waals surface area contributed by atoms with E-state index in [4.69, 9.17) is 10.5 Å². The molecular formula is C7H13Br2NO2. The van der Waals surface area contributed by atoms with Crippen molar-refractivity contribution in [3.63, 3.8) is 0 Å². The number of hydrogen-bond donors (Lipinski definition) is 1. The van der Waals surface area contributed by atoms with Crippen molar-refractivity contribution in [2.24, 2.45) is 11.1 Å². The second-order valence-corrected chi connectivity index (χ2v) is 6.26. The topological polar surface area (TPSA) is 52.3 Å². The van der Waals surface area contributed by atoms with Gasteiger partial charge in [-0.15, -0.1) is 0 Å². The Labute approximate surface area is 89.3 Å². The summed E-state index contributed by atoms with van der Waals surface area (Å²) in [5.74, 6) is 0. The second kappa shape index (κ2) is 4.46. The molecule has 0 fully saturated rings. The van der Waals surface area contributed by atoms with Crippen molar-refractivity contribution in [2.45, 2.75) is 30.6 Å². The number of halogens is 2. The largest absolute Gasteiger partial charge is 0.446 e. The van der Waals surface area contributed by atoms with Crippen LogP contribution < -0.4 is 5.73 Å². The van der Waals surface area contributed by atoms with Gasteiger partial charge >= 0.3 is 6.09 Å². The maximum Gasteiger partial charge on any atom is 0.404 e. The summed E-state index contributed by atoms with van der Waals surface area (Å²) >= 11 is 6.74. The van der Waals surface area contributed by atoms with Crippen molar-refractivity contribution in [3.8, 4) is 0 Å². The number of rotatable bonds is 3. The van der Waals surface area contributed by atoms with Gasteiger partial charge in [0.1, 0.15) is 6.10 Å². The number of hydrogen-bond acceptors (Lipinski definition) is 2. The van der Waals surface area contributed by atoms with Crippen LogP contribution in [0.25, 0.3) is 0 Å². The van der Waals surface area contributed by atoms with E-state index in [2.05, 4.69) is 31.9 Å². The molecule has 0 aliphatic rings. The molecule has 2 N–H and O–H groups in total. The van der Waals surface area contributed by atoms with Crippen LogP contribution >= 0.6 is 31.9 Å². The van der Waals surface area contributed by atoms with Gasteiger partial charge in [0.25, 0.3) is 0 Å². The minimum atomic E-state index is -0.740. The van der Waals surface area contributed by atoms with Crippen LogP contribution in [0.2, 0.25) is 0 Å². The number of alkyl halides is 2. The number of nitrogens with two attached hydrogens (primary N) is 1. The highest BCUT2D eigenvalue weighted by molar-refractivity contribution is 9.24. The smallest absolute Gasteiger partial charge is 0.404 e. The average molecular weight is 303 g/mol. The van der Waals surface area contributed by atoms with Crippen LogP contribution in [0.4, 0.5) is 4.79 Å². The number of carbonyl (C=O) groups is 1.